The van der Waals surface area contributed by atoms with Crippen LogP contribution in [-0.4, -0.2) is 90.3 Å². The number of unbranched alkanes of at least 4 members (excludes halogenated alkanes) is 2. The number of carboxylic acids is 1. The smallest absolute Gasteiger partial charge is 0.326 e. The largest absolute Gasteiger partial charge is 0.480 e. The van der Waals surface area contributed by atoms with Crippen LogP contribution in [0.25, 0.3) is 0 Å². The number of nitrogens with one attached hydrogen (secondary N) is 4. The maximum atomic E-state index is 13.0. The van der Waals surface area contributed by atoms with Crippen LogP contribution in [0.2, 0.25) is 0 Å². The Labute approximate surface area is 225 Å². The number of carbonyl (C=O) groups excluding carboxylic acids is 6. The predicted octanol–water partition coefficient (Wildman–Crippen LogP) is -5.02. The fourth-order valence-corrected chi connectivity index (χ4v) is 3.40. The minimum atomic E-state index is -1.63. The average molecular weight is 560 g/mol. The molecule has 0 spiro atoms. The number of aliphatic carboxylic acids is 1. The van der Waals surface area contributed by atoms with Crippen LogP contribution in [0.3, 0.4) is 0 Å². The summed E-state index contributed by atoms with van der Waals surface area (Å²) in [6.45, 7) is 0.252. The van der Waals surface area contributed by atoms with Crippen molar-refractivity contribution >= 4 is 41.4 Å². The summed E-state index contributed by atoms with van der Waals surface area (Å²) in [5, 5.41) is 18.5. The Morgan fingerprint density at radius 1 is 0.564 bits per heavy atom. The van der Waals surface area contributed by atoms with Crippen LogP contribution >= 0.6 is 0 Å². The number of amides is 6. The zero-order chi connectivity index (χ0) is 30.0. The highest BCUT2D eigenvalue weighted by molar-refractivity contribution is 5.98. The number of carbonyl (C=O) groups is 7. The van der Waals surface area contributed by atoms with E-state index in [1.807, 2.05) is 0 Å². The fraction of sp³-hybridized carbons (Fsp3) is 0.682. The first-order valence-corrected chi connectivity index (χ1v) is 12.5. The second kappa shape index (κ2) is 19.3. The van der Waals surface area contributed by atoms with Gasteiger partial charge in [0.1, 0.15) is 24.2 Å². The molecule has 4 atom stereocenters. The van der Waals surface area contributed by atoms with Gasteiger partial charge < -0.3 is 55.0 Å². The number of hydrogen-bond acceptors (Lipinski definition) is 10. The SMILES string of the molecule is NCCCC[C@H](NC(=O)[C@H](CC(N)=O)NC(=O)[C@H](CC(N)=O)NC(=O)[C@H](CCCCN)NC(=O)CN)C(=O)O. The topological polar surface area (TPSA) is 318 Å². The molecule has 15 N–H and O–H groups in total. The fourth-order valence-electron chi connectivity index (χ4n) is 3.40. The number of nitrogens with two attached hydrogens (primary N) is 5. The van der Waals surface area contributed by atoms with Gasteiger partial charge in [0.25, 0.3) is 0 Å². The van der Waals surface area contributed by atoms with E-state index in [1.165, 1.54) is 0 Å². The van der Waals surface area contributed by atoms with E-state index in [0.717, 1.165) is 0 Å². The van der Waals surface area contributed by atoms with E-state index in [-0.39, 0.29) is 12.8 Å². The lowest BCUT2D eigenvalue weighted by atomic mass is 10.1. The van der Waals surface area contributed by atoms with Gasteiger partial charge in [0, 0.05) is 0 Å². The highest BCUT2D eigenvalue weighted by Gasteiger charge is 2.32. The molecule has 0 aromatic rings. The molecule has 0 bridgehead atoms. The molecule has 0 aliphatic carbocycles. The molecule has 0 unspecified atom stereocenters. The first kappa shape index (κ1) is 35.2. The molecule has 17 heteroatoms. The zero-order valence-corrected chi connectivity index (χ0v) is 21.8. The Hall–Kier alpha value is -3.83. The molecule has 0 aromatic carbocycles. The summed E-state index contributed by atoms with van der Waals surface area (Å²) in [6.07, 6.45) is 0.667. The summed E-state index contributed by atoms with van der Waals surface area (Å²) >= 11 is 0. The van der Waals surface area contributed by atoms with Gasteiger partial charge in [-0.15, -0.1) is 0 Å². The van der Waals surface area contributed by atoms with Crippen LogP contribution in [0.4, 0.5) is 0 Å². The summed E-state index contributed by atoms with van der Waals surface area (Å²) < 4.78 is 0. The molecule has 222 valence electrons. The minimum Gasteiger partial charge on any atom is -0.480 e. The Morgan fingerprint density at radius 2 is 0.949 bits per heavy atom. The van der Waals surface area contributed by atoms with Crippen molar-refractivity contribution < 1.29 is 38.7 Å². The molecule has 0 radical (unpaired) electrons. The first-order valence-electron chi connectivity index (χ1n) is 12.5. The summed E-state index contributed by atoms with van der Waals surface area (Å²) in [5.74, 6) is -6.91. The third-order valence-electron chi connectivity index (χ3n) is 5.42. The number of primary amides is 2. The van der Waals surface area contributed by atoms with Crippen molar-refractivity contribution in [1.29, 1.82) is 0 Å². The van der Waals surface area contributed by atoms with Gasteiger partial charge in [-0.3, -0.25) is 28.8 Å². The Bertz CT molecular complexity index is 870. The zero-order valence-electron chi connectivity index (χ0n) is 21.8. The van der Waals surface area contributed by atoms with Gasteiger partial charge in [0.15, 0.2) is 0 Å². The van der Waals surface area contributed by atoms with Crippen molar-refractivity contribution in [2.75, 3.05) is 19.6 Å². The maximum absolute atomic E-state index is 13.0. The Morgan fingerprint density at radius 3 is 1.31 bits per heavy atom. The highest BCUT2D eigenvalue weighted by atomic mass is 16.4. The van der Waals surface area contributed by atoms with E-state index in [1.54, 1.807) is 0 Å². The van der Waals surface area contributed by atoms with E-state index in [9.17, 15) is 38.7 Å². The van der Waals surface area contributed by atoms with Gasteiger partial charge >= 0.3 is 5.97 Å². The molecule has 17 nitrogen and oxygen atoms in total. The second-order valence-corrected chi connectivity index (χ2v) is 8.76. The van der Waals surface area contributed by atoms with Gasteiger partial charge in [0.05, 0.1) is 19.4 Å². The maximum Gasteiger partial charge on any atom is 0.326 e. The van der Waals surface area contributed by atoms with Crippen molar-refractivity contribution in [1.82, 2.24) is 21.3 Å². The number of carboxylic acid groups (broad SMARTS) is 1. The van der Waals surface area contributed by atoms with Crippen molar-refractivity contribution in [2.24, 2.45) is 28.7 Å². The van der Waals surface area contributed by atoms with Crippen LogP contribution < -0.4 is 49.9 Å². The summed E-state index contributed by atoms with van der Waals surface area (Å²) in [5.41, 5.74) is 26.6. The molecule has 0 rings (SSSR count). The van der Waals surface area contributed by atoms with Gasteiger partial charge in [-0.2, -0.15) is 0 Å². The molecule has 0 aliphatic rings. The first-order chi connectivity index (χ1) is 18.4. The van der Waals surface area contributed by atoms with E-state index in [0.29, 0.717) is 38.8 Å². The van der Waals surface area contributed by atoms with E-state index < -0.39 is 85.0 Å². The predicted molar refractivity (Wildman–Crippen MR) is 138 cm³/mol. The van der Waals surface area contributed by atoms with Crippen LogP contribution in [0.1, 0.15) is 51.4 Å². The van der Waals surface area contributed by atoms with Gasteiger partial charge in [-0.25, -0.2) is 4.79 Å². The molecule has 6 amide bonds. The van der Waals surface area contributed by atoms with Crippen LogP contribution in [-0.2, 0) is 33.6 Å². The van der Waals surface area contributed by atoms with Gasteiger partial charge in [-0.05, 0) is 51.6 Å². The lowest BCUT2D eigenvalue weighted by molar-refractivity contribution is -0.142. The molecule has 0 aromatic heterocycles. The third kappa shape index (κ3) is 15.2. The summed E-state index contributed by atoms with van der Waals surface area (Å²) in [6, 6.07) is -5.69. The van der Waals surface area contributed by atoms with E-state index in [2.05, 4.69) is 21.3 Å². The van der Waals surface area contributed by atoms with Gasteiger partial charge in [-0.1, -0.05) is 0 Å². The van der Waals surface area contributed by atoms with E-state index >= 15 is 0 Å². The summed E-state index contributed by atoms with van der Waals surface area (Å²) in [7, 11) is 0. The quantitative estimate of drug-likeness (QED) is 0.0593. The molecular weight excluding hydrogens is 518 g/mol. The molecule has 0 heterocycles. The number of hydrogen-bond donors (Lipinski definition) is 10. The standard InChI is InChI=1S/C22H41N9O8/c23-7-3-1-5-12(28-18(34)11-25)19(35)30-15(10-17(27)33)21(37)31-14(9-16(26)32)20(36)29-13(22(38)39)6-2-4-8-24/h12-15H,1-11,23-25H2,(H2,26,32)(H2,27,33)(H,28,34)(H,29,36)(H,30,35)(H,31,37)(H,38,39)/t12-,13-,14-,15-/m0/s1. The second-order valence-electron chi connectivity index (χ2n) is 8.76. The molecular formula is C22H41N9O8. The normalized spacial score (nSPS) is 13.7. The Balaban J connectivity index is 5.71. The lowest BCUT2D eigenvalue weighted by Gasteiger charge is -2.25. The van der Waals surface area contributed by atoms with Crippen molar-refractivity contribution in [2.45, 2.75) is 75.5 Å². The van der Waals surface area contributed by atoms with Crippen LogP contribution in [0.15, 0.2) is 0 Å². The molecule has 0 aliphatic heterocycles. The van der Waals surface area contributed by atoms with Crippen molar-refractivity contribution in [3.8, 4) is 0 Å². The monoisotopic (exact) mass is 559 g/mol. The van der Waals surface area contributed by atoms with Crippen molar-refractivity contribution in [3.63, 3.8) is 0 Å². The molecule has 39 heavy (non-hydrogen) atoms. The molecule has 0 saturated heterocycles. The van der Waals surface area contributed by atoms with Gasteiger partial charge in [0.2, 0.25) is 35.4 Å². The highest BCUT2D eigenvalue weighted by Crippen LogP contribution is 2.05. The Kier molecular flexibility index (Phi) is 17.4. The van der Waals surface area contributed by atoms with Crippen LogP contribution in [0, 0.1) is 0 Å². The number of rotatable bonds is 21. The van der Waals surface area contributed by atoms with Crippen LogP contribution in [0.5, 0.6) is 0 Å². The summed E-state index contributed by atoms with van der Waals surface area (Å²) in [4.78, 5) is 85.1. The minimum absolute atomic E-state index is 0.0376. The molecule has 0 saturated carbocycles. The molecule has 0 fully saturated rings. The lowest BCUT2D eigenvalue weighted by Crippen LogP contribution is -2.59. The average Bonchev–Trinajstić information content (AvgIpc) is 2.85. The third-order valence-corrected chi connectivity index (χ3v) is 5.42. The van der Waals surface area contributed by atoms with Crippen molar-refractivity contribution in [3.05, 3.63) is 0 Å². The van der Waals surface area contributed by atoms with E-state index in [4.69, 9.17) is 28.7 Å².